The van der Waals surface area contributed by atoms with Gasteiger partial charge in [-0.25, -0.2) is 0 Å². The van der Waals surface area contributed by atoms with Gasteiger partial charge >= 0.3 is 0 Å². The Bertz CT molecular complexity index is 551. The van der Waals surface area contributed by atoms with Crippen molar-refractivity contribution in [2.45, 2.75) is 6.92 Å². The van der Waals surface area contributed by atoms with Crippen LogP contribution >= 0.6 is 0 Å². The zero-order valence-corrected chi connectivity index (χ0v) is 10.3. The lowest BCUT2D eigenvalue weighted by Gasteiger charge is -2.10. The molecule has 1 aromatic carbocycles. The lowest BCUT2D eigenvalue weighted by molar-refractivity contribution is -0.105. The van der Waals surface area contributed by atoms with E-state index in [1.165, 1.54) is 0 Å². The number of benzene rings is 1. The Labute approximate surface area is 105 Å². The Hall–Kier alpha value is -2.37. The van der Waals surface area contributed by atoms with Crippen LogP contribution in [0.4, 0.5) is 5.69 Å². The summed E-state index contributed by atoms with van der Waals surface area (Å²) in [6, 6.07) is 5.47. The Kier molecular flexibility index (Phi) is 3.57. The van der Waals surface area contributed by atoms with Gasteiger partial charge in [0.1, 0.15) is 12.1 Å². The Morgan fingerprint density at radius 1 is 1.50 bits per heavy atom. The first-order valence-corrected chi connectivity index (χ1v) is 5.57. The second-order valence-electron chi connectivity index (χ2n) is 3.67. The molecule has 1 heterocycles. The third kappa shape index (κ3) is 2.32. The van der Waals surface area contributed by atoms with Crippen molar-refractivity contribution >= 4 is 12.1 Å². The van der Waals surface area contributed by atoms with Gasteiger partial charge < -0.3 is 14.6 Å². The van der Waals surface area contributed by atoms with Gasteiger partial charge in [0.15, 0.2) is 5.82 Å². The van der Waals surface area contributed by atoms with Gasteiger partial charge in [0.05, 0.1) is 12.3 Å². The predicted octanol–water partition coefficient (Wildman–Crippen LogP) is 1.45. The van der Waals surface area contributed by atoms with Gasteiger partial charge in [-0.3, -0.25) is 4.79 Å². The maximum atomic E-state index is 10.5. The van der Waals surface area contributed by atoms with Crippen molar-refractivity contribution in [2.75, 3.05) is 11.9 Å². The minimum atomic E-state index is 0.524. The second kappa shape index (κ2) is 5.31. The molecule has 18 heavy (non-hydrogen) atoms. The number of nitrogens with one attached hydrogen (secondary N) is 1. The molecule has 2 aromatic rings. The molecule has 0 saturated heterocycles. The SMILES string of the molecule is CCOc1cc(-c2nncn2C)ccc1NC=O. The highest BCUT2D eigenvalue weighted by Gasteiger charge is 2.09. The molecule has 0 fully saturated rings. The fraction of sp³-hybridized carbons (Fsp3) is 0.250. The fourth-order valence-corrected chi connectivity index (χ4v) is 1.66. The van der Waals surface area contributed by atoms with Gasteiger partial charge in [0.2, 0.25) is 6.41 Å². The molecule has 2 rings (SSSR count). The minimum Gasteiger partial charge on any atom is -0.492 e. The van der Waals surface area contributed by atoms with Crippen molar-refractivity contribution in [1.29, 1.82) is 0 Å². The minimum absolute atomic E-state index is 0.524. The maximum Gasteiger partial charge on any atom is 0.211 e. The van der Waals surface area contributed by atoms with Crippen molar-refractivity contribution in [2.24, 2.45) is 7.05 Å². The molecule has 0 aliphatic heterocycles. The number of aromatic nitrogens is 3. The van der Waals surface area contributed by atoms with E-state index in [-0.39, 0.29) is 0 Å². The van der Waals surface area contributed by atoms with Crippen LogP contribution in [0.1, 0.15) is 6.92 Å². The number of ether oxygens (including phenoxy) is 1. The molecule has 0 aliphatic rings. The quantitative estimate of drug-likeness (QED) is 0.811. The molecule has 0 aliphatic carbocycles. The van der Waals surface area contributed by atoms with Crippen molar-refractivity contribution in [1.82, 2.24) is 14.8 Å². The van der Waals surface area contributed by atoms with Crippen LogP contribution in [0.15, 0.2) is 24.5 Å². The van der Waals surface area contributed by atoms with Crippen LogP contribution in [-0.4, -0.2) is 27.8 Å². The van der Waals surface area contributed by atoms with Crippen LogP contribution in [0.5, 0.6) is 5.75 Å². The van der Waals surface area contributed by atoms with E-state index in [4.69, 9.17) is 4.74 Å². The normalized spacial score (nSPS) is 10.1. The highest BCUT2D eigenvalue weighted by Crippen LogP contribution is 2.29. The summed E-state index contributed by atoms with van der Waals surface area (Å²) in [6.45, 7) is 2.41. The van der Waals surface area contributed by atoms with E-state index in [9.17, 15) is 4.79 Å². The molecule has 1 amide bonds. The summed E-state index contributed by atoms with van der Waals surface area (Å²) in [5, 5.41) is 10.5. The maximum absolute atomic E-state index is 10.5. The molecule has 0 spiro atoms. The molecule has 0 radical (unpaired) electrons. The van der Waals surface area contributed by atoms with Crippen molar-refractivity contribution < 1.29 is 9.53 Å². The summed E-state index contributed by atoms with van der Waals surface area (Å²) < 4.78 is 7.31. The van der Waals surface area contributed by atoms with Crippen molar-refractivity contribution in [3.05, 3.63) is 24.5 Å². The molecule has 94 valence electrons. The predicted molar refractivity (Wildman–Crippen MR) is 67.3 cm³/mol. The summed E-state index contributed by atoms with van der Waals surface area (Å²) >= 11 is 0. The second-order valence-corrected chi connectivity index (χ2v) is 3.67. The zero-order chi connectivity index (χ0) is 13.0. The van der Waals surface area contributed by atoms with Gasteiger partial charge in [-0.2, -0.15) is 0 Å². The van der Waals surface area contributed by atoms with Crippen LogP contribution in [-0.2, 0) is 11.8 Å². The molecule has 0 unspecified atom stereocenters. The number of hydrogen-bond acceptors (Lipinski definition) is 4. The van der Waals surface area contributed by atoms with E-state index in [1.54, 1.807) is 12.4 Å². The molecule has 1 aromatic heterocycles. The third-order valence-electron chi connectivity index (χ3n) is 2.47. The average molecular weight is 246 g/mol. The Balaban J connectivity index is 2.42. The molecule has 0 saturated carbocycles. The van der Waals surface area contributed by atoms with Crippen molar-refractivity contribution in [3.63, 3.8) is 0 Å². The first kappa shape index (κ1) is 12.1. The van der Waals surface area contributed by atoms with Gasteiger partial charge in [0, 0.05) is 12.6 Å². The fourth-order valence-electron chi connectivity index (χ4n) is 1.66. The van der Waals surface area contributed by atoms with Crippen LogP contribution < -0.4 is 10.1 Å². The van der Waals surface area contributed by atoms with E-state index < -0.39 is 0 Å². The van der Waals surface area contributed by atoms with Crippen LogP contribution in [0.25, 0.3) is 11.4 Å². The Morgan fingerprint density at radius 2 is 2.33 bits per heavy atom. The molecule has 6 nitrogen and oxygen atoms in total. The first-order valence-electron chi connectivity index (χ1n) is 5.57. The van der Waals surface area contributed by atoms with Gasteiger partial charge in [0.25, 0.3) is 0 Å². The lowest BCUT2D eigenvalue weighted by atomic mass is 10.1. The molecule has 6 heteroatoms. The van der Waals surface area contributed by atoms with Crippen LogP contribution in [0, 0.1) is 0 Å². The first-order chi connectivity index (χ1) is 8.76. The number of rotatable bonds is 5. The summed E-state index contributed by atoms with van der Waals surface area (Å²) in [5.74, 6) is 1.36. The van der Waals surface area contributed by atoms with E-state index in [2.05, 4.69) is 15.5 Å². The average Bonchev–Trinajstić information content (AvgIpc) is 2.78. The number of anilines is 1. The number of nitrogens with zero attached hydrogens (tertiary/aromatic N) is 3. The van der Waals surface area contributed by atoms with Gasteiger partial charge in [-0.1, -0.05) is 0 Å². The topological polar surface area (TPSA) is 69.0 Å². The molecule has 1 N–H and O–H groups in total. The smallest absolute Gasteiger partial charge is 0.211 e. The molecule has 0 atom stereocenters. The van der Waals surface area contributed by atoms with E-state index in [1.807, 2.05) is 30.7 Å². The van der Waals surface area contributed by atoms with Crippen molar-refractivity contribution in [3.8, 4) is 17.1 Å². The number of aryl methyl sites for hydroxylation is 1. The molecular weight excluding hydrogens is 232 g/mol. The number of carbonyl (C=O) groups is 1. The summed E-state index contributed by atoms with van der Waals surface area (Å²) in [5.41, 5.74) is 1.52. The highest BCUT2D eigenvalue weighted by atomic mass is 16.5. The monoisotopic (exact) mass is 246 g/mol. The van der Waals surface area contributed by atoms with E-state index in [0.717, 1.165) is 11.4 Å². The molecular formula is C12H14N4O2. The lowest BCUT2D eigenvalue weighted by Crippen LogP contribution is -2.01. The van der Waals surface area contributed by atoms with E-state index in [0.29, 0.717) is 24.5 Å². The third-order valence-corrected chi connectivity index (χ3v) is 2.47. The standard InChI is InChI=1S/C12H14N4O2/c1-3-18-11-6-9(4-5-10(11)13-8-17)12-15-14-7-16(12)2/h4-8H,3H2,1-2H3,(H,13,17). The summed E-state index contributed by atoms with van der Waals surface area (Å²) in [7, 11) is 1.87. The van der Waals surface area contributed by atoms with Crippen LogP contribution in [0.2, 0.25) is 0 Å². The Morgan fingerprint density at radius 3 is 2.94 bits per heavy atom. The number of amides is 1. The zero-order valence-electron chi connectivity index (χ0n) is 10.3. The largest absolute Gasteiger partial charge is 0.492 e. The number of hydrogen-bond donors (Lipinski definition) is 1. The van der Waals surface area contributed by atoms with Gasteiger partial charge in [-0.15, -0.1) is 10.2 Å². The highest BCUT2D eigenvalue weighted by molar-refractivity contribution is 5.77. The summed E-state index contributed by atoms with van der Waals surface area (Å²) in [4.78, 5) is 10.5. The number of carbonyl (C=O) groups excluding carboxylic acids is 1. The van der Waals surface area contributed by atoms with Gasteiger partial charge in [-0.05, 0) is 25.1 Å². The summed E-state index contributed by atoms with van der Waals surface area (Å²) in [6.07, 6.45) is 2.26. The van der Waals surface area contributed by atoms with E-state index >= 15 is 0 Å². The molecule has 0 bridgehead atoms. The van der Waals surface area contributed by atoms with Crippen LogP contribution in [0.3, 0.4) is 0 Å².